The number of thiazole rings is 1. The molecule has 1 unspecified atom stereocenters. The van der Waals surface area contributed by atoms with Crippen LogP contribution >= 0.6 is 22.7 Å². The molecule has 0 bridgehead atoms. The van der Waals surface area contributed by atoms with E-state index in [9.17, 15) is 0 Å². The predicted molar refractivity (Wildman–Crippen MR) is 204 cm³/mol. The second-order valence-corrected chi connectivity index (χ2v) is 14.6. The quantitative estimate of drug-likeness (QED) is 0.0960. The van der Waals surface area contributed by atoms with Gasteiger partial charge in [-0.25, -0.2) is 4.98 Å². The Balaban J connectivity index is 1.06. The maximum atomic E-state index is 4.71. The summed E-state index contributed by atoms with van der Waals surface area (Å²) in [4.78, 5) is 11.9. The molecule has 0 spiro atoms. The summed E-state index contributed by atoms with van der Waals surface area (Å²) in [5, 5.41) is 21.1. The van der Waals surface area contributed by atoms with Gasteiger partial charge in [0, 0.05) is 41.1 Å². The van der Waals surface area contributed by atoms with Gasteiger partial charge in [0.2, 0.25) is 5.13 Å². The number of hydrogen-bond acceptors (Lipinski definition) is 9. The van der Waals surface area contributed by atoms with Crippen LogP contribution in [0.25, 0.3) is 20.3 Å². The molecule has 0 aliphatic carbocycles. The smallest absolute Gasteiger partial charge is 0.231 e. The van der Waals surface area contributed by atoms with Crippen LogP contribution < -0.4 is 9.80 Å². The summed E-state index contributed by atoms with van der Waals surface area (Å²) < 4.78 is 1.19. The lowest BCUT2D eigenvalue weighted by molar-refractivity contribution is 0.648. The fourth-order valence-electron chi connectivity index (χ4n) is 6.52. The molecule has 0 fully saturated rings. The number of fused-ring (bicyclic) bond motifs is 1. The second-order valence-electron chi connectivity index (χ2n) is 12.5. The minimum atomic E-state index is 0.103. The molecule has 1 atom stereocenters. The number of rotatable bonds is 12. The number of aromatic nitrogens is 1. The normalized spacial score (nSPS) is 14.8. The van der Waals surface area contributed by atoms with Crippen molar-refractivity contribution in [1.82, 2.24) is 4.98 Å². The summed E-state index contributed by atoms with van der Waals surface area (Å²) in [6, 6.07) is 29.8. The van der Waals surface area contributed by atoms with Crippen LogP contribution in [-0.4, -0.2) is 19.1 Å². The lowest BCUT2D eigenvalue weighted by Gasteiger charge is -2.43. The Bertz CT molecular complexity index is 2030. The van der Waals surface area contributed by atoms with Crippen LogP contribution in [0.15, 0.2) is 105 Å². The van der Waals surface area contributed by atoms with Crippen LogP contribution in [0.2, 0.25) is 0 Å². The highest BCUT2D eigenvalue weighted by Gasteiger charge is 2.31. The van der Waals surface area contributed by atoms with E-state index in [-0.39, 0.29) is 6.17 Å². The molecule has 2 aromatic heterocycles. The van der Waals surface area contributed by atoms with Gasteiger partial charge >= 0.3 is 0 Å². The van der Waals surface area contributed by atoms with Gasteiger partial charge in [-0.1, -0.05) is 80.8 Å². The van der Waals surface area contributed by atoms with Gasteiger partial charge in [0.25, 0.3) is 0 Å². The van der Waals surface area contributed by atoms with Crippen molar-refractivity contribution in [3.63, 3.8) is 0 Å². The Morgan fingerprint density at radius 2 is 1.40 bits per heavy atom. The molecule has 1 aliphatic rings. The molecular formula is C39H41N7S2. The number of hydrogen-bond donors (Lipinski definition) is 0. The zero-order chi connectivity index (χ0) is 33.0. The fourth-order valence-corrected chi connectivity index (χ4v) is 8.62. The molecular weight excluding hydrogens is 631 g/mol. The average molecular weight is 672 g/mol. The van der Waals surface area contributed by atoms with Crippen LogP contribution in [-0.2, 0) is 12.8 Å². The van der Waals surface area contributed by atoms with E-state index in [0.717, 1.165) is 40.1 Å². The van der Waals surface area contributed by atoms with Crippen LogP contribution in [0.5, 0.6) is 0 Å². The third kappa shape index (κ3) is 6.62. The molecule has 48 heavy (non-hydrogen) atoms. The van der Waals surface area contributed by atoms with Gasteiger partial charge in [-0.05, 0) is 85.3 Å². The van der Waals surface area contributed by atoms with Gasteiger partial charge in [-0.3, -0.25) is 0 Å². The van der Waals surface area contributed by atoms with Crippen LogP contribution in [0.3, 0.4) is 0 Å². The van der Waals surface area contributed by atoms with Crippen molar-refractivity contribution in [3.05, 3.63) is 101 Å². The topological polar surface area (TPSA) is 68.8 Å². The summed E-state index contributed by atoms with van der Waals surface area (Å²) in [7, 11) is 4.37. The average Bonchev–Trinajstić information content (AvgIpc) is 3.68. The standard InChI is InChI=1S/C39H41N7S2/c1-5-7-9-11-26-15-17-27(18-16-26)38-45(3)33-14-10-13-31-32(23-24-34(36(31)33)46(38)4)43-41-28-19-21-29(22-20-28)42-44-39-40-37-35(48-39)25-30(47-37)12-8-6-2/h10,13-25,38H,5-9,11-12H2,1-4H3. The molecule has 1 aliphatic heterocycles. The number of thiophene rings is 1. The first-order valence-corrected chi connectivity index (χ1v) is 18.6. The van der Waals surface area contributed by atoms with E-state index in [0.29, 0.717) is 5.13 Å². The largest absolute Gasteiger partial charge is 0.350 e. The molecule has 244 valence electrons. The van der Waals surface area contributed by atoms with Gasteiger partial charge in [0.1, 0.15) is 11.0 Å². The Kier molecular flexibility index (Phi) is 9.59. The molecule has 7 rings (SSSR count). The summed E-state index contributed by atoms with van der Waals surface area (Å²) in [6.45, 7) is 4.48. The van der Waals surface area contributed by atoms with Crippen molar-refractivity contribution in [3.8, 4) is 0 Å². The Morgan fingerprint density at radius 3 is 2.10 bits per heavy atom. The highest BCUT2D eigenvalue weighted by Crippen LogP contribution is 2.47. The number of azo groups is 2. The Labute approximate surface area is 290 Å². The maximum Gasteiger partial charge on any atom is 0.231 e. The molecule has 0 saturated carbocycles. The van der Waals surface area contributed by atoms with Gasteiger partial charge in [0.15, 0.2) is 0 Å². The van der Waals surface area contributed by atoms with Crippen molar-refractivity contribution in [2.75, 3.05) is 23.9 Å². The number of benzene rings is 4. The van der Waals surface area contributed by atoms with Gasteiger partial charge in [-0.15, -0.1) is 26.7 Å². The van der Waals surface area contributed by atoms with Crippen LogP contribution in [0.4, 0.5) is 33.6 Å². The first kappa shape index (κ1) is 32.1. The summed E-state index contributed by atoms with van der Waals surface area (Å²) in [5.41, 5.74) is 7.45. The van der Waals surface area contributed by atoms with E-state index in [4.69, 9.17) is 5.11 Å². The minimum Gasteiger partial charge on any atom is -0.350 e. The summed E-state index contributed by atoms with van der Waals surface area (Å²) >= 11 is 3.35. The first-order chi connectivity index (χ1) is 23.5. The highest BCUT2D eigenvalue weighted by molar-refractivity contribution is 7.28. The van der Waals surface area contributed by atoms with Crippen molar-refractivity contribution >= 4 is 76.5 Å². The van der Waals surface area contributed by atoms with Gasteiger partial charge < -0.3 is 9.80 Å². The van der Waals surface area contributed by atoms with Crippen molar-refractivity contribution < 1.29 is 0 Å². The van der Waals surface area contributed by atoms with E-state index >= 15 is 0 Å². The molecule has 9 heteroatoms. The van der Waals surface area contributed by atoms with Crippen LogP contribution in [0.1, 0.15) is 68.1 Å². The third-order valence-electron chi connectivity index (χ3n) is 9.09. The SMILES string of the molecule is CCCCCc1ccc(C2N(C)c3cccc4c(N=Nc5ccc(N=Nc6nc7sc(CCCC)cc7s6)cc5)ccc(c34)N2C)cc1. The van der Waals surface area contributed by atoms with E-state index in [1.807, 2.05) is 24.3 Å². The van der Waals surface area contributed by atoms with E-state index in [2.05, 4.69) is 119 Å². The number of nitrogens with zero attached hydrogens (tertiary/aromatic N) is 7. The van der Waals surface area contributed by atoms with E-state index in [1.54, 1.807) is 22.7 Å². The Hall–Kier alpha value is -4.47. The highest BCUT2D eigenvalue weighted by atomic mass is 32.1. The molecule has 0 amide bonds. The van der Waals surface area contributed by atoms with E-state index < -0.39 is 0 Å². The van der Waals surface area contributed by atoms with E-state index in [1.165, 1.54) is 69.6 Å². The second kappa shape index (κ2) is 14.3. The molecule has 3 heterocycles. The van der Waals surface area contributed by atoms with Crippen molar-refractivity contribution in [2.45, 2.75) is 65.0 Å². The van der Waals surface area contributed by atoms with Crippen LogP contribution in [0, 0.1) is 0 Å². The molecule has 7 nitrogen and oxygen atoms in total. The molecule has 4 aromatic carbocycles. The third-order valence-corrected chi connectivity index (χ3v) is 11.2. The molecule has 0 saturated heterocycles. The summed E-state index contributed by atoms with van der Waals surface area (Å²) in [5.74, 6) is 0. The summed E-state index contributed by atoms with van der Waals surface area (Å²) in [6.07, 6.45) is 8.56. The molecule has 6 aromatic rings. The zero-order valence-corrected chi connectivity index (χ0v) is 29.7. The lowest BCUT2D eigenvalue weighted by Crippen LogP contribution is -2.40. The lowest BCUT2D eigenvalue weighted by atomic mass is 9.97. The predicted octanol–water partition coefficient (Wildman–Crippen LogP) is 13.0. The minimum absolute atomic E-state index is 0.103. The first-order valence-electron chi connectivity index (χ1n) is 17.0. The zero-order valence-electron chi connectivity index (χ0n) is 28.1. The van der Waals surface area contributed by atoms with Gasteiger partial charge in [0.05, 0.1) is 21.8 Å². The monoisotopic (exact) mass is 671 g/mol. The Morgan fingerprint density at radius 1 is 0.688 bits per heavy atom. The molecule has 0 radical (unpaired) electrons. The van der Waals surface area contributed by atoms with Gasteiger partial charge in [-0.2, -0.15) is 5.11 Å². The number of aryl methyl sites for hydroxylation is 2. The number of anilines is 2. The maximum absolute atomic E-state index is 4.71. The fraction of sp³-hybridized carbons (Fsp3) is 0.308. The van der Waals surface area contributed by atoms with Crippen molar-refractivity contribution in [1.29, 1.82) is 0 Å². The van der Waals surface area contributed by atoms with Crippen molar-refractivity contribution in [2.24, 2.45) is 20.5 Å². The molecule has 0 N–H and O–H groups in total. The number of unbranched alkanes of at least 4 members (excludes halogenated alkanes) is 3.